The highest BCUT2D eigenvalue weighted by molar-refractivity contribution is 6.36. The monoisotopic (exact) mass is 286 g/mol. The summed E-state index contributed by atoms with van der Waals surface area (Å²) < 4.78 is 0. The van der Waals surface area contributed by atoms with Gasteiger partial charge in [0.2, 0.25) is 0 Å². The van der Waals surface area contributed by atoms with Crippen LogP contribution in [0.5, 0.6) is 0 Å². The van der Waals surface area contributed by atoms with Crippen molar-refractivity contribution in [3.05, 3.63) is 22.3 Å². The van der Waals surface area contributed by atoms with Gasteiger partial charge in [-0.1, -0.05) is 23.2 Å². The van der Waals surface area contributed by atoms with Crippen molar-refractivity contribution in [2.24, 2.45) is 0 Å². The van der Waals surface area contributed by atoms with Gasteiger partial charge in [-0.25, -0.2) is 4.98 Å². The molecule has 2 saturated heterocycles. The van der Waals surface area contributed by atoms with Crippen LogP contribution in [-0.2, 0) is 0 Å². The molecule has 1 aromatic heterocycles. The third-order valence-electron chi connectivity index (χ3n) is 3.62. The first-order chi connectivity index (χ1) is 8.74. The van der Waals surface area contributed by atoms with Gasteiger partial charge in [0.15, 0.2) is 0 Å². The first-order valence-electron chi connectivity index (χ1n) is 6.25. The maximum atomic E-state index is 6.16. The molecule has 0 radical (unpaired) electrons. The van der Waals surface area contributed by atoms with Gasteiger partial charge < -0.3 is 10.2 Å². The minimum absolute atomic E-state index is 0.586. The fraction of sp³-hybridized carbons (Fsp3) is 0.583. The third-order valence-corrected chi connectivity index (χ3v) is 4.10. The summed E-state index contributed by atoms with van der Waals surface area (Å²) in [7, 11) is 0. The topological polar surface area (TPSA) is 31.4 Å². The maximum Gasteiger partial charge on any atom is 0.147 e. The Hall–Kier alpha value is -0.550. The van der Waals surface area contributed by atoms with Gasteiger partial charge in [-0.05, 0) is 6.07 Å². The summed E-state index contributed by atoms with van der Waals surface area (Å²) in [4.78, 5) is 9.06. The van der Waals surface area contributed by atoms with E-state index in [0.717, 1.165) is 45.1 Å². The smallest absolute Gasteiger partial charge is 0.147 e. The molecule has 0 aliphatic carbocycles. The van der Waals surface area contributed by atoms with Crippen molar-refractivity contribution in [3.8, 4) is 0 Å². The van der Waals surface area contributed by atoms with Crippen molar-refractivity contribution in [1.29, 1.82) is 0 Å². The van der Waals surface area contributed by atoms with E-state index in [4.69, 9.17) is 23.2 Å². The molecule has 0 amide bonds. The summed E-state index contributed by atoms with van der Waals surface area (Å²) in [5.74, 6) is 0.854. The van der Waals surface area contributed by atoms with E-state index >= 15 is 0 Å². The maximum absolute atomic E-state index is 6.16. The van der Waals surface area contributed by atoms with Crippen LogP contribution in [0, 0.1) is 0 Å². The van der Waals surface area contributed by atoms with E-state index in [0.29, 0.717) is 16.1 Å². The first kappa shape index (κ1) is 12.5. The Bertz CT molecular complexity index is 428. The fourth-order valence-corrected chi connectivity index (χ4v) is 3.05. The number of rotatable bonds is 2. The van der Waals surface area contributed by atoms with Crippen molar-refractivity contribution in [2.45, 2.75) is 6.04 Å². The molecule has 0 aromatic carbocycles. The molecule has 0 atom stereocenters. The lowest BCUT2D eigenvalue weighted by Gasteiger charge is -2.47. The van der Waals surface area contributed by atoms with Gasteiger partial charge in [0.25, 0.3) is 0 Å². The quantitative estimate of drug-likeness (QED) is 0.893. The average molecular weight is 287 g/mol. The van der Waals surface area contributed by atoms with Gasteiger partial charge >= 0.3 is 0 Å². The minimum Gasteiger partial charge on any atom is -0.352 e. The molecule has 0 unspecified atom stereocenters. The predicted molar refractivity (Wildman–Crippen MR) is 74.7 cm³/mol. The molecule has 18 heavy (non-hydrogen) atoms. The second-order valence-corrected chi connectivity index (χ2v) is 5.65. The van der Waals surface area contributed by atoms with Crippen LogP contribution in [0.1, 0.15) is 0 Å². The summed E-state index contributed by atoms with van der Waals surface area (Å²) in [6.07, 6.45) is 1.65. The van der Waals surface area contributed by atoms with E-state index in [2.05, 4.69) is 20.1 Å². The zero-order valence-corrected chi connectivity index (χ0v) is 11.6. The van der Waals surface area contributed by atoms with E-state index in [-0.39, 0.29) is 0 Å². The van der Waals surface area contributed by atoms with Crippen molar-refractivity contribution in [3.63, 3.8) is 0 Å². The second-order valence-electron chi connectivity index (χ2n) is 4.80. The summed E-state index contributed by atoms with van der Waals surface area (Å²) in [5, 5.41) is 4.60. The molecule has 98 valence electrons. The summed E-state index contributed by atoms with van der Waals surface area (Å²) in [6.45, 7) is 6.48. The Morgan fingerprint density at radius 2 is 1.94 bits per heavy atom. The molecule has 0 spiro atoms. The predicted octanol–water partition coefficient (Wildman–Crippen LogP) is 1.48. The van der Waals surface area contributed by atoms with Crippen LogP contribution in [0.15, 0.2) is 12.3 Å². The largest absolute Gasteiger partial charge is 0.352 e. The van der Waals surface area contributed by atoms with Gasteiger partial charge in [-0.15, -0.1) is 0 Å². The van der Waals surface area contributed by atoms with E-state index in [1.54, 1.807) is 12.3 Å². The van der Waals surface area contributed by atoms with E-state index < -0.39 is 0 Å². The van der Waals surface area contributed by atoms with E-state index in [9.17, 15) is 0 Å². The number of hydrogen-bond donors (Lipinski definition) is 1. The molecule has 1 N–H and O–H groups in total. The Morgan fingerprint density at radius 1 is 1.22 bits per heavy atom. The molecule has 3 rings (SSSR count). The van der Waals surface area contributed by atoms with Crippen LogP contribution in [0.2, 0.25) is 10.0 Å². The van der Waals surface area contributed by atoms with E-state index in [1.807, 2.05) is 0 Å². The van der Waals surface area contributed by atoms with E-state index in [1.165, 1.54) is 0 Å². The highest BCUT2D eigenvalue weighted by Crippen LogP contribution is 2.30. The molecule has 2 aliphatic rings. The molecule has 0 saturated carbocycles. The number of nitrogens with zero attached hydrogens (tertiary/aromatic N) is 3. The van der Waals surface area contributed by atoms with Crippen molar-refractivity contribution >= 4 is 29.0 Å². The molecule has 4 nitrogen and oxygen atoms in total. The van der Waals surface area contributed by atoms with Crippen LogP contribution in [0.4, 0.5) is 5.82 Å². The van der Waals surface area contributed by atoms with Crippen molar-refractivity contribution in [2.75, 3.05) is 44.2 Å². The Kier molecular flexibility index (Phi) is 3.61. The second kappa shape index (κ2) is 5.21. The minimum atomic E-state index is 0.586. The lowest BCUT2D eigenvalue weighted by Crippen LogP contribution is -2.63. The van der Waals surface area contributed by atoms with Crippen molar-refractivity contribution in [1.82, 2.24) is 15.2 Å². The molecule has 3 heterocycles. The normalized spacial score (nSPS) is 22.0. The van der Waals surface area contributed by atoms with Crippen LogP contribution in [0.25, 0.3) is 0 Å². The summed E-state index contributed by atoms with van der Waals surface area (Å²) >= 11 is 12.0. The Balaban J connectivity index is 1.61. The number of aromatic nitrogens is 1. The molecule has 1 aromatic rings. The molecule has 2 aliphatic heterocycles. The summed E-state index contributed by atoms with van der Waals surface area (Å²) in [5.41, 5.74) is 0. The molecule has 2 fully saturated rings. The third kappa shape index (κ3) is 2.43. The highest BCUT2D eigenvalue weighted by atomic mass is 35.5. The standard InChI is InChI=1S/C12H16Cl2N4/c13-9-5-11(14)12(16-6-9)18-7-10(8-18)17-3-1-15-2-4-17/h5-6,10,15H,1-4,7-8H2. The lowest BCUT2D eigenvalue weighted by molar-refractivity contribution is 0.147. The number of piperazine rings is 1. The van der Waals surface area contributed by atoms with Crippen LogP contribution < -0.4 is 10.2 Å². The van der Waals surface area contributed by atoms with Gasteiger partial charge in [-0.2, -0.15) is 0 Å². The number of anilines is 1. The number of pyridine rings is 1. The molecular formula is C12H16Cl2N4. The SMILES string of the molecule is Clc1cnc(N2CC(N3CCNCC3)C2)c(Cl)c1. The van der Waals surface area contributed by atoms with Gasteiger partial charge in [-0.3, -0.25) is 4.90 Å². The molecule has 0 bridgehead atoms. The van der Waals surface area contributed by atoms with Crippen molar-refractivity contribution < 1.29 is 0 Å². The number of halogens is 2. The zero-order chi connectivity index (χ0) is 12.5. The van der Waals surface area contributed by atoms with Gasteiger partial charge in [0.1, 0.15) is 5.82 Å². The van der Waals surface area contributed by atoms with Crippen LogP contribution in [-0.4, -0.2) is 55.2 Å². The first-order valence-corrected chi connectivity index (χ1v) is 7.00. The van der Waals surface area contributed by atoms with Crippen LogP contribution in [0.3, 0.4) is 0 Å². The molecule has 6 heteroatoms. The Morgan fingerprint density at radius 3 is 2.61 bits per heavy atom. The summed E-state index contributed by atoms with van der Waals surface area (Å²) in [6, 6.07) is 2.39. The highest BCUT2D eigenvalue weighted by Gasteiger charge is 2.33. The van der Waals surface area contributed by atoms with Gasteiger partial charge in [0.05, 0.1) is 10.0 Å². The average Bonchev–Trinajstić information content (AvgIpc) is 2.31. The zero-order valence-electron chi connectivity index (χ0n) is 10.1. The fourth-order valence-electron chi connectivity index (χ4n) is 2.55. The number of nitrogens with one attached hydrogen (secondary N) is 1. The lowest BCUT2D eigenvalue weighted by atomic mass is 10.1. The number of hydrogen-bond acceptors (Lipinski definition) is 4. The van der Waals surface area contributed by atoms with Gasteiger partial charge in [0, 0.05) is 51.5 Å². The Labute approximate surface area is 117 Å². The van der Waals surface area contributed by atoms with Crippen LogP contribution >= 0.6 is 23.2 Å². The molecular weight excluding hydrogens is 271 g/mol.